The summed E-state index contributed by atoms with van der Waals surface area (Å²) in [4.78, 5) is 11.5. The minimum atomic E-state index is -1.99. The molecule has 5 nitrogen and oxygen atoms in total. The molecular weight excluding hydrogens is 288 g/mol. The molecule has 0 aliphatic carbocycles. The average molecular weight is 316 g/mol. The van der Waals surface area contributed by atoms with Gasteiger partial charge in [0.15, 0.2) is 8.32 Å². The van der Waals surface area contributed by atoms with Crippen molar-refractivity contribution in [1.29, 1.82) is 0 Å². The van der Waals surface area contributed by atoms with E-state index in [1.807, 2.05) is 0 Å². The van der Waals surface area contributed by atoms with Gasteiger partial charge in [-0.05, 0) is 31.1 Å². The summed E-state index contributed by atoms with van der Waals surface area (Å²) < 4.78 is 16.6. The van der Waals surface area contributed by atoms with Crippen LogP contribution in [0.15, 0.2) is 12.2 Å². The van der Waals surface area contributed by atoms with E-state index in [9.17, 15) is 4.79 Å². The first-order valence-corrected chi connectivity index (χ1v) is 10.3. The lowest BCUT2D eigenvalue weighted by Crippen LogP contribution is -2.45. The van der Waals surface area contributed by atoms with Crippen LogP contribution in [-0.2, 0) is 18.7 Å². The minimum Gasteiger partial charge on any atom is -0.463 e. The third-order valence-electron chi connectivity index (χ3n) is 4.07. The standard InChI is InChI=1S/C15H28O5Si/c1-7-18-13(17)9-8-11(14-12(10-16)19-14)20-21(5,6)15(2,3)4/h8-9,11-12,14,16H,7,10H2,1-6H3/b9-8-/t11-,12+,14+/m0/s1. The molecule has 0 radical (unpaired) electrons. The van der Waals surface area contributed by atoms with Crippen molar-refractivity contribution in [3.05, 3.63) is 12.2 Å². The van der Waals surface area contributed by atoms with Crippen LogP contribution in [0.25, 0.3) is 0 Å². The van der Waals surface area contributed by atoms with Gasteiger partial charge in [-0.25, -0.2) is 4.79 Å². The Morgan fingerprint density at radius 2 is 2.05 bits per heavy atom. The zero-order valence-electron chi connectivity index (χ0n) is 13.9. The zero-order chi connectivity index (χ0) is 16.3. The fourth-order valence-electron chi connectivity index (χ4n) is 1.69. The van der Waals surface area contributed by atoms with Crippen LogP contribution >= 0.6 is 0 Å². The third kappa shape index (κ3) is 5.21. The fourth-order valence-corrected chi connectivity index (χ4v) is 2.94. The van der Waals surface area contributed by atoms with E-state index in [2.05, 4.69) is 33.9 Å². The number of hydrogen-bond donors (Lipinski definition) is 1. The third-order valence-corrected chi connectivity index (χ3v) is 8.54. The Hall–Kier alpha value is -0.693. The first-order valence-electron chi connectivity index (χ1n) is 7.41. The molecule has 1 aliphatic rings. The predicted molar refractivity (Wildman–Crippen MR) is 83.6 cm³/mol. The highest BCUT2D eigenvalue weighted by Gasteiger charge is 2.48. The summed E-state index contributed by atoms with van der Waals surface area (Å²) in [6, 6.07) is 0. The van der Waals surface area contributed by atoms with E-state index in [4.69, 9.17) is 19.0 Å². The molecule has 21 heavy (non-hydrogen) atoms. The second kappa shape index (κ2) is 7.04. The zero-order valence-corrected chi connectivity index (χ0v) is 14.9. The largest absolute Gasteiger partial charge is 0.463 e. The maximum atomic E-state index is 11.5. The maximum absolute atomic E-state index is 11.5. The molecule has 0 unspecified atom stereocenters. The highest BCUT2D eigenvalue weighted by molar-refractivity contribution is 6.74. The highest BCUT2D eigenvalue weighted by atomic mass is 28.4. The number of hydrogen-bond acceptors (Lipinski definition) is 5. The molecule has 1 saturated heterocycles. The SMILES string of the molecule is CCOC(=O)/C=C\[C@H](O[Si](C)(C)C(C)(C)C)[C@H]1O[C@@H]1CO. The maximum Gasteiger partial charge on any atom is 0.330 e. The van der Waals surface area contributed by atoms with Crippen molar-refractivity contribution in [2.75, 3.05) is 13.2 Å². The quantitative estimate of drug-likeness (QED) is 0.338. The Morgan fingerprint density at radius 3 is 2.48 bits per heavy atom. The summed E-state index contributed by atoms with van der Waals surface area (Å²) >= 11 is 0. The lowest BCUT2D eigenvalue weighted by molar-refractivity contribution is -0.137. The van der Waals surface area contributed by atoms with Crippen molar-refractivity contribution in [1.82, 2.24) is 0 Å². The molecule has 0 amide bonds. The molecule has 0 aromatic carbocycles. The van der Waals surface area contributed by atoms with Crippen molar-refractivity contribution in [2.45, 2.75) is 64.1 Å². The van der Waals surface area contributed by atoms with Gasteiger partial charge in [-0.3, -0.25) is 0 Å². The summed E-state index contributed by atoms with van der Waals surface area (Å²) in [5.41, 5.74) is 0. The lowest BCUT2D eigenvalue weighted by atomic mass is 10.2. The number of aliphatic hydroxyl groups excluding tert-OH is 1. The van der Waals surface area contributed by atoms with E-state index in [0.717, 1.165) is 0 Å². The molecule has 0 bridgehead atoms. The molecular formula is C15H28O5Si. The van der Waals surface area contributed by atoms with Gasteiger partial charge in [-0.2, -0.15) is 0 Å². The predicted octanol–water partition coefficient (Wildman–Crippen LogP) is 2.26. The number of ether oxygens (including phenoxy) is 2. The van der Waals surface area contributed by atoms with E-state index >= 15 is 0 Å². The van der Waals surface area contributed by atoms with E-state index in [0.29, 0.717) is 6.61 Å². The van der Waals surface area contributed by atoms with Gasteiger partial charge in [-0.1, -0.05) is 20.8 Å². The average Bonchev–Trinajstić information content (AvgIpc) is 3.12. The molecule has 1 aliphatic heterocycles. The normalized spacial score (nSPS) is 24.1. The van der Waals surface area contributed by atoms with E-state index in [-0.39, 0.29) is 35.9 Å². The molecule has 1 heterocycles. The fraction of sp³-hybridized carbons (Fsp3) is 0.800. The van der Waals surface area contributed by atoms with Crippen LogP contribution in [0, 0.1) is 0 Å². The van der Waals surface area contributed by atoms with Gasteiger partial charge < -0.3 is 19.0 Å². The number of carbonyl (C=O) groups excluding carboxylic acids is 1. The van der Waals surface area contributed by atoms with Gasteiger partial charge >= 0.3 is 5.97 Å². The summed E-state index contributed by atoms with van der Waals surface area (Å²) in [7, 11) is -1.99. The number of epoxide rings is 1. The Morgan fingerprint density at radius 1 is 1.43 bits per heavy atom. The number of rotatable bonds is 7. The van der Waals surface area contributed by atoms with Gasteiger partial charge in [-0.15, -0.1) is 0 Å². The van der Waals surface area contributed by atoms with Crippen molar-refractivity contribution in [3.63, 3.8) is 0 Å². The second-order valence-corrected chi connectivity index (χ2v) is 11.5. The molecule has 122 valence electrons. The van der Waals surface area contributed by atoms with Crippen LogP contribution in [0.2, 0.25) is 18.1 Å². The number of carbonyl (C=O) groups is 1. The first-order chi connectivity index (χ1) is 9.62. The van der Waals surface area contributed by atoms with E-state index < -0.39 is 8.32 Å². The Labute approximate surface area is 128 Å². The summed E-state index contributed by atoms with van der Waals surface area (Å²) in [6.45, 7) is 12.8. The topological polar surface area (TPSA) is 68.3 Å². The number of esters is 1. The van der Waals surface area contributed by atoms with Crippen LogP contribution in [0.4, 0.5) is 0 Å². The Balaban J connectivity index is 2.77. The number of aliphatic hydroxyl groups is 1. The molecule has 6 heteroatoms. The Bertz CT molecular complexity index is 386. The smallest absolute Gasteiger partial charge is 0.330 e. The summed E-state index contributed by atoms with van der Waals surface area (Å²) in [6.07, 6.45) is 2.37. The van der Waals surface area contributed by atoms with Crippen LogP contribution < -0.4 is 0 Å². The van der Waals surface area contributed by atoms with Crippen LogP contribution in [-0.4, -0.2) is 50.9 Å². The van der Waals surface area contributed by atoms with E-state index in [1.54, 1.807) is 13.0 Å². The molecule has 0 saturated carbocycles. The molecule has 0 spiro atoms. The van der Waals surface area contributed by atoms with Crippen molar-refractivity contribution in [3.8, 4) is 0 Å². The van der Waals surface area contributed by atoms with Crippen molar-refractivity contribution < 1.29 is 23.8 Å². The molecule has 0 aromatic rings. The molecule has 1 N–H and O–H groups in total. The minimum absolute atomic E-state index is 0.0325. The monoisotopic (exact) mass is 316 g/mol. The van der Waals surface area contributed by atoms with Crippen molar-refractivity contribution >= 4 is 14.3 Å². The lowest BCUT2D eigenvalue weighted by Gasteiger charge is -2.38. The van der Waals surface area contributed by atoms with Crippen LogP contribution in [0.1, 0.15) is 27.7 Å². The molecule has 1 rings (SSSR count). The molecule has 1 fully saturated rings. The second-order valence-electron chi connectivity index (χ2n) is 6.78. The Kier molecular flexibility index (Phi) is 6.16. The molecule has 3 atom stereocenters. The van der Waals surface area contributed by atoms with Gasteiger partial charge in [0.1, 0.15) is 12.2 Å². The van der Waals surface area contributed by atoms with Gasteiger partial charge in [0.2, 0.25) is 0 Å². The van der Waals surface area contributed by atoms with Gasteiger partial charge in [0, 0.05) is 6.08 Å². The molecule has 0 aromatic heterocycles. The van der Waals surface area contributed by atoms with Crippen LogP contribution in [0.5, 0.6) is 0 Å². The summed E-state index contributed by atoms with van der Waals surface area (Å²) in [5.74, 6) is -0.387. The van der Waals surface area contributed by atoms with Crippen LogP contribution in [0.3, 0.4) is 0 Å². The van der Waals surface area contributed by atoms with E-state index in [1.165, 1.54) is 6.08 Å². The highest BCUT2D eigenvalue weighted by Crippen LogP contribution is 2.39. The first kappa shape index (κ1) is 18.4. The van der Waals surface area contributed by atoms with Crippen molar-refractivity contribution in [2.24, 2.45) is 0 Å². The van der Waals surface area contributed by atoms with Gasteiger partial charge in [0.25, 0.3) is 0 Å². The summed E-state index contributed by atoms with van der Waals surface area (Å²) in [5, 5.41) is 9.22. The van der Waals surface area contributed by atoms with Gasteiger partial charge in [0.05, 0.1) is 19.3 Å².